The van der Waals surface area contributed by atoms with Gasteiger partial charge in [-0.05, 0) is 42.5 Å². The van der Waals surface area contributed by atoms with Gasteiger partial charge in [0.05, 0.1) is 18.8 Å². The van der Waals surface area contributed by atoms with Crippen LogP contribution in [0.3, 0.4) is 0 Å². The molecule has 2 aliphatic rings. The molecule has 8 nitrogen and oxygen atoms in total. The molecule has 1 fully saturated rings. The molecular formula is C20H15F4N3O5. The molecule has 3 amide bonds. The standard InChI is InChI=1S/C20H15F4N3O5/c21-12-3-1-11(2-4-12)16(28)25-10-19(20(22,23)24)14-9-13(27-7-8-31-18(27)30)5-6-15(14)26-17(29)32-19/h1-6,9H,7-8,10H2,(H,25,28)(H,26,29). The van der Waals surface area contributed by atoms with Crippen LogP contribution in [0, 0.1) is 5.82 Å². The molecule has 0 aliphatic carbocycles. The summed E-state index contributed by atoms with van der Waals surface area (Å²) >= 11 is 0. The van der Waals surface area contributed by atoms with Gasteiger partial charge < -0.3 is 14.8 Å². The minimum atomic E-state index is -5.14. The highest BCUT2D eigenvalue weighted by Gasteiger charge is 2.62. The number of hydrogen-bond donors (Lipinski definition) is 2. The van der Waals surface area contributed by atoms with Gasteiger partial charge in [-0.15, -0.1) is 0 Å². The van der Waals surface area contributed by atoms with E-state index in [0.29, 0.717) is 0 Å². The van der Waals surface area contributed by atoms with Crippen molar-refractivity contribution in [3.8, 4) is 0 Å². The topological polar surface area (TPSA) is 97.0 Å². The van der Waals surface area contributed by atoms with Crippen molar-refractivity contribution in [1.29, 1.82) is 0 Å². The van der Waals surface area contributed by atoms with Crippen molar-refractivity contribution in [3.63, 3.8) is 0 Å². The Morgan fingerprint density at radius 1 is 1.16 bits per heavy atom. The van der Waals surface area contributed by atoms with E-state index in [1.54, 1.807) is 0 Å². The van der Waals surface area contributed by atoms with Gasteiger partial charge in [0.25, 0.3) is 11.5 Å². The normalized spacial score (nSPS) is 20.2. The number of cyclic esters (lactones) is 2. The molecule has 2 heterocycles. The van der Waals surface area contributed by atoms with Crippen molar-refractivity contribution in [2.75, 3.05) is 29.9 Å². The SMILES string of the molecule is O=C1Nc2ccc(N3CCOC3=O)cc2C(CNC(=O)c2ccc(F)cc2)(C(F)(F)F)O1. The number of halogens is 4. The smallest absolute Gasteiger partial charge is 0.434 e. The van der Waals surface area contributed by atoms with Crippen LogP contribution < -0.4 is 15.5 Å². The number of ether oxygens (including phenoxy) is 2. The zero-order valence-electron chi connectivity index (χ0n) is 16.2. The van der Waals surface area contributed by atoms with E-state index < -0.39 is 47.8 Å². The maximum Gasteiger partial charge on any atom is 0.434 e. The fourth-order valence-corrected chi connectivity index (χ4v) is 3.47. The van der Waals surface area contributed by atoms with E-state index in [2.05, 4.69) is 10.6 Å². The molecule has 0 bridgehead atoms. The Balaban J connectivity index is 1.72. The van der Waals surface area contributed by atoms with Gasteiger partial charge in [0.1, 0.15) is 12.4 Å². The second kappa shape index (κ2) is 7.70. The molecule has 1 atom stereocenters. The predicted octanol–water partition coefficient (Wildman–Crippen LogP) is 3.53. The van der Waals surface area contributed by atoms with Gasteiger partial charge in [-0.3, -0.25) is 15.0 Å². The summed E-state index contributed by atoms with van der Waals surface area (Å²) in [5, 5.41) is 4.29. The van der Waals surface area contributed by atoms with E-state index >= 15 is 0 Å². The van der Waals surface area contributed by atoms with Crippen molar-refractivity contribution >= 4 is 29.5 Å². The Bertz CT molecular complexity index is 1090. The quantitative estimate of drug-likeness (QED) is 0.691. The van der Waals surface area contributed by atoms with Crippen molar-refractivity contribution < 1.29 is 41.4 Å². The second-order valence-electron chi connectivity index (χ2n) is 7.02. The molecule has 1 unspecified atom stereocenters. The first-order valence-corrected chi connectivity index (χ1v) is 9.30. The number of nitrogens with zero attached hydrogens (tertiary/aromatic N) is 1. The van der Waals surface area contributed by atoms with Gasteiger partial charge in [0.15, 0.2) is 0 Å². The van der Waals surface area contributed by atoms with E-state index in [1.807, 2.05) is 0 Å². The van der Waals surface area contributed by atoms with Crippen LogP contribution in [-0.4, -0.2) is 44.0 Å². The van der Waals surface area contributed by atoms with Crippen LogP contribution in [0.2, 0.25) is 0 Å². The van der Waals surface area contributed by atoms with Gasteiger partial charge in [0, 0.05) is 16.8 Å². The van der Waals surface area contributed by atoms with Crippen LogP contribution in [0.5, 0.6) is 0 Å². The maximum absolute atomic E-state index is 14.3. The fourth-order valence-electron chi connectivity index (χ4n) is 3.47. The lowest BCUT2D eigenvalue weighted by molar-refractivity contribution is -0.261. The third-order valence-electron chi connectivity index (χ3n) is 5.08. The van der Waals surface area contributed by atoms with Crippen LogP contribution in [0.25, 0.3) is 0 Å². The third-order valence-corrected chi connectivity index (χ3v) is 5.08. The minimum Gasteiger partial charge on any atom is -0.447 e. The van der Waals surface area contributed by atoms with E-state index in [9.17, 15) is 31.9 Å². The average molecular weight is 453 g/mol. The third kappa shape index (κ3) is 3.67. The molecule has 32 heavy (non-hydrogen) atoms. The molecule has 168 valence electrons. The Morgan fingerprint density at radius 2 is 1.88 bits per heavy atom. The Morgan fingerprint density at radius 3 is 2.50 bits per heavy atom. The van der Waals surface area contributed by atoms with Crippen molar-refractivity contribution in [1.82, 2.24) is 5.32 Å². The zero-order valence-corrected chi connectivity index (χ0v) is 16.2. The predicted molar refractivity (Wildman–Crippen MR) is 102 cm³/mol. The average Bonchev–Trinajstić information content (AvgIpc) is 3.17. The van der Waals surface area contributed by atoms with Crippen LogP contribution in [0.1, 0.15) is 15.9 Å². The summed E-state index contributed by atoms with van der Waals surface area (Å²) in [6, 6.07) is 7.79. The maximum atomic E-state index is 14.3. The number of nitrogens with one attached hydrogen (secondary N) is 2. The highest BCUT2D eigenvalue weighted by molar-refractivity contribution is 5.95. The lowest BCUT2D eigenvalue weighted by atomic mass is 9.89. The van der Waals surface area contributed by atoms with Crippen LogP contribution >= 0.6 is 0 Å². The van der Waals surface area contributed by atoms with Gasteiger partial charge in [-0.1, -0.05) is 0 Å². The van der Waals surface area contributed by atoms with E-state index in [0.717, 1.165) is 35.2 Å². The monoisotopic (exact) mass is 453 g/mol. The van der Waals surface area contributed by atoms with E-state index in [4.69, 9.17) is 9.47 Å². The molecular weight excluding hydrogens is 438 g/mol. The number of carbonyl (C=O) groups excluding carboxylic acids is 3. The van der Waals surface area contributed by atoms with Gasteiger partial charge >= 0.3 is 18.4 Å². The zero-order chi connectivity index (χ0) is 23.1. The second-order valence-corrected chi connectivity index (χ2v) is 7.02. The summed E-state index contributed by atoms with van der Waals surface area (Å²) in [5.74, 6) is -1.55. The largest absolute Gasteiger partial charge is 0.447 e. The molecule has 2 aliphatic heterocycles. The number of fused-ring (bicyclic) bond motifs is 1. The molecule has 12 heteroatoms. The first kappa shape index (κ1) is 21.4. The molecule has 2 N–H and O–H groups in total. The summed E-state index contributed by atoms with van der Waals surface area (Å²) in [6.45, 7) is -0.951. The fraction of sp³-hybridized carbons (Fsp3) is 0.250. The summed E-state index contributed by atoms with van der Waals surface area (Å²) < 4.78 is 65.6. The van der Waals surface area contributed by atoms with Crippen LogP contribution in [0.15, 0.2) is 42.5 Å². The Hall–Kier alpha value is -3.83. The molecule has 1 saturated heterocycles. The van der Waals surface area contributed by atoms with E-state index in [-0.39, 0.29) is 30.1 Å². The number of benzene rings is 2. The lowest BCUT2D eigenvalue weighted by Crippen LogP contribution is -2.56. The molecule has 0 spiro atoms. The number of alkyl halides is 3. The molecule has 0 saturated carbocycles. The highest BCUT2D eigenvalue weighted by atomic mass is 19.4. The summed E-state index contributed by atoms with van der Waals surface area (Å²) in [5.41, 5.74) is -3.91. The number of amides is 3. The highest BCUT2D eigenvalue weighted by Crippen LogP contribution is 2.48. The Labute approximate surface area is 178 Å². The molecule has 2 aromatic carbocycles. The first-order valence-electron chi connectivity index (χ1n) is 9.30. The summed E-state index contributed by atoms with van der Waals surface area (Å²) in [7, 11) is 0. The van der Waals surface area contributed by atoms with Gasteiger partial charge in [0.2, 0.25) is 0 Å². The molecule has 0 radical (unpaired) electrons. The molecule has 0 aromatic heterocycles. The van der Waals surface area contributed by atoms with Crippen molar-refractivity contribution in [3.05, 3.63) is 59.4 Å². The lowest BCUT2D eigenvalue weighted by Gasteiger charge is -2.40. The van der Waals surface area contributed by atoms with E-state index in [1.165, 1.54) is 12.1 Å². The minimum absolute atomic E-state index is 0.0707. The van der Waals surface area contributed by atoms with Gasteiger partial charge in [-0.25, -0.2) is 14.0 Å². The molecule has 2 aromatic rings. The number of hydrogen-bond acceptors (Lipinski definition) is 5. The van der Waals surface area contributed by atoms with Crippen molar-refractivity contribution in [2.24, 2.45) is 0 Å². The first-order chi connectivity index (χ1) is 15.1. The number of rotatable bonds is 4. The van der Waals surface area contributed by atoms with Crippen LogP contribution in [0.4, 0.5) is 38.5 Å². The van der Waals surface area contributed by atoms with Crippen molar-refractivity contribution in [2.45, 2.75) is 11.8 Å². The summed E-state index contributed by atoms with van der Waals surface area (Å²) in [6.07, 6.45) is -7.23. The Kier molecular flexibility index (Phi) is 5.15. The number of anilines is 2. The number of carbonyl (C=O) groups is 3. The molecule has 4 rings (SSSR count). The van der Waals surface area contributed by atoms with Gasteiger partial charge in [-0.2, -0.15) is 13.2 Å². The van der Waals surface area contributed by atoms with Crippen LogP contribution in [-0.2, 0) is 15.1 Å². The summed E-state index contributed by atoms with van der Waals surface area (Å²) in [4.78, 5) is 37.3.